The average Bonchev–Trinajstić information content (AvgIpc) is 3.22. The lowest BCUT2D eigenvalue weighted by atomic mass is 10.1. The van der Waals surface area contributed by atoms with Crippen molar-refractivity contribution in [1.29, 1.82) is 0 Å². The second kappa shape index (κ2) is 11.4. The normalized spacial score (nSPS) is 15.2. The monoisotopic (exact) mass is 466 g/mol. The first-order valence-electron chi connectivity index (χ1n) is 11.4. The van der Waals surface area contributed by atoms with Crippen molar-refractivity contribution in [3.63, 3.8) is 0 Å². The third-order valence-corrected chi connectivity index (χ3v) is 5.83. The van der Waals surface area contributed by atoms with Crippen LogP contribution in [0.5, 0.6) is 0 Å². The van der Waals surface area contributed by atoms with Crippen molar-refractivity contribution in [2.45, 2.75) is 40.0 Å². The Bertz CT molecular complexity index is 1060. The lowest BCUT2D eigenvalue weighted by Crippen LogP contribution is -2.28. The van der Waals surface area contributed by atoms with Crippen LogP contribution in [0.25, 0.3) is 0 Å². The highest BCUT2D eigenvalue weighted by Crippen LogP contribution is 2.26. The van der Waals surface area contributed by atoms with Gasteiger partial charge in [0.1, 0.15) is 0 Å². The zero-order valence-electron chi connectivity index (χ0n) is 19.8. The summed E-state index contributed by atoms with van der Waals surface area (Å²) in [4.78, 5) is 50.7. The van der Waals surface area contributed by atoms with Gasteiger partial charge in [-0.1, -0.05) is 25.5 Å². The van der Waals surface area contributed by atoms with Crippen molar-refractivity contribution in [3.05, 3.63) is 59.2 Å². The number of anilines is 2. The van der Waals surface area contributed by atoms with E-state index in [-0.39, 0.29) is 18.9 Å². The molecule has 1 N–H and O–H groups in total. The molecule has 3 rings (SSSR count). The summed E-state index contributed by atoms with van der Waals surface area (Å²) in [6.45, 7) is 5.95. The zero-order chi connectivity index (χ0) is 24.7. The highest BCUT2D eigenvalue weighted by Gasteiger charge is 2.36. The average molecular weight is 467 g/mol. The van der Waals surface area contributed by atoms with Crippen LogP contribution >= 0.6 is 0 Å². The predicted molar refractivity (Wildman–Crippen MR) is 128 cm³/mol. The van der Waals surface area contributed by atoms with E-state index in [1.165, 1.54) is 4.90 Å². The van der Waals surface area contributed by atoms with Crippen LogP contribution in [0.3, 0.4) is 0 Å². The molecule has 1 fully saturated rings. The van der Waals surface area contributed by atoms with Gasteiger partial charge in [-0.25, -0.2) is 4.79 Å². The minimum Gasteiger partial charge on any atom is -0.462 e. The Kier molecular flexibility index (Phi) is 8.40. The second-order valence-corrected chi connectivity index (χ2v) is 8.35. The molecule has 2 aromatic rings. The summed E-state index contributed by atoms with van der Waals surface area (Å²) in [5.41, 5.74) is 3.64. The minimum absolute atomic E-state index is 0.00173. The summed E-state index contributed by atoms with van der Waals surface area (Å²) in [5, 5.41) is 2.74. The molecule has 0 aromatic heterocycles. The van der Waals surface area contributed by atoms with E-state index in [9.17, 15) is 19.2 Å². The van der Waals surface area contributed by atoms with Crippen LogP contribution in [0.4, 0.5) is 11.4 Å². The number of hydrogen-bond donors (Lipinski definition) is 1. The van der Waals surface area contributed by atoms with Gasteiger partial charge in [0.05, 0.1) is 18.1 Å². The van der Waals surface area contributed by atoms with Gasteiger partial charge in [0.25, 0.3) is 5.91 Å². The Balaban J connectivity index is 1.51. The summed E-state index contributed by atoms with van der Waals surface area (Å²) < 4.78 is 10.4. The lowest BCUT2D eigenvalue weighted by molar-refractivity contribution is -0.151. The smallest absolute Gasteiger partial charge is 0.338 e. The van der Waals surface area contributed by atoms with Gasteiger partial charge >= 0.3 is 11.9 Å². The van der Waals surface area contributed by atoms with E-state index < -0.39 is 30.4 Å². The Morgan fingerprint density at radius 1 is 1.06 bits per heavy atom. The van der Waals surface area contributed by atoms with Crippen LogP contribution in [-0.4, -0.2) is 43.5 Å². The number of benzene rings is 2. The van der Waals surface area contributed by atoms with Crippen LogP contribution in [-0.2, 0) is 23.9 Å². The van der Waals surface area contributed by atoms with E-state index in [2.05, 4.69) is 5.32 Å². The molecular formula is C26H30N2O6. The number of carbonyl (C=O) groups is 4. The van der Waals surface area contributed by atoms with Crippen LogP contribution in [0.2, 0.25) is 0 Å². The first kappa shape index (κ1) is 25.0. The number of ether oxygens (including phenoxy) is 2. The molecule has 2 aromatic carbocycles. The number of aryl methyl sites for hydroxylation is 1. The fraction of sp³-hybridized carbons (Fsp3) is 0.385. The molecule has 1 saturated heterocycles. The van der Waals surface area contributed by atoms with Gasteiger partial charge in [-0.15, -0.1) is 0 Å². The molecule has 8 heteroatoms. The lowest BCUT2D eigenvalue weighted by Gasteiger charge is -2.17. The molecule has 2 amide bonds. The zero-order valence-corrected chi connectivity index (χ0v) is 19.8. The molecule has 0 unspecified atom stereocenters. The third kappa shape index (κ3) is 6.21. The summed E-state index contributed by atoms with van der Waals surface area (Å²) in [6.07, 6.45) is 1.74. The molecule has 0 aliphatic carbocycles. The van der Waals surface area contributed by atoms with Crippen LogP contribution < -0.4 is 10.2 Å². The summed E-state index contributed by atoms with van der Waals surface area (Å²) >= 11 is 0. The van der Waals surface area contributed by atoms with Crippen LogP contribution in [0.15, 0.2) is 42.5 Å². The van der Waals surface area contributed by atoms with Gasteiger partial charge in [0, 0.05) is 24.3 Å². The molecular weight excluding hydrogens is 436 g/mol. The number of nitrogens with one attached hydrogen (secondary N) is 1. The molecule has 180 valence electrons. The third-order valence-electron chi connectivity index (χ3n) is 5.83. The standard InChI is InChI=1S/C26H30N2O6/c1-4-5-13-33-25(31)19-9-11-21(12-10-19)28-15-20(14-24(28)30)26(32)34-16-23(29)27-22-8-6-7-17(2)18(22)3/h6-12,20H,4-5,13-16H2,1-3H3,(H,27,29)/t20-/m0/s1. The molecule has 1 aliphatic rings. The first-order chi connectivity index (χ1) is 16.3. The van der Waals surface area contributed by atoms with Gasteiger partial charge in [0.2, 0.25) is 5.91 Å². The second-order valence-electron chi connectivity index (χ2n) is 8.35. The van der Waals surface area contributed by atoms with Gasteiger partial charge in [0.15, 0.2) is 6.61 Å². The Labute approximate surface area is 199 Å². The summed E-state index contributed by atoms with van der Waals surface area (Å²) in [6, 6.07) is 12.1. The molecule has 8 nitrogen and oxygen atoms in total. The highest BCUT2D eigenvalue weighted by atomic mass is 16.5. The molecule has 0 radical (unpaired) electrons. The number of esters is 2. The largest absolute Gasteiger partial charge is 0.462 e. The van der Waals surface area contributed by atoms with Crippen molar-refractivity contribution in [2.75, 3.05) is 30.0 Å². The molecule has 1 aliphatic heterocycles. The van der Waals surface area contributed by atoms with Gasteiger partial charge in [-0.2, -0.15) is 0 Å². The number of hydrogen-bond acceptors (Lipinski definition) is 6. The summed E-state index contributed by atoms with van der Waals surface area (Å²) in [7, 11) is 0. The van der Waals surface area contributed by atoms with Gasteiger partial charge in [-0.05, 0) is 61.7 Å². The number of rotatable bonds is 9. The van der Waals surface area contributed by atoms with Crippen LogP contribution in [0, 0.1) is 19.8 Å². The SMILES string of the molecule is CCCCOC(=O)c1ccc(N2C[C@@H](C(=O)OCC(=O)Nc3cccc(C)c3C)CC2=O)cc1. The van der Waals surface area contributed by atoms with Crippen molar-refractivity contribution in [1.82, 2.24) is 0 Å². The number of unbranched alkanes of at least 4 members (excludes halogenated alkanes) is 1. The molecule has 0 bridgehead atoms. The van der Waals surface area contributed by atoms with E-state index >= 15 is 0 Å². The molecule has 0 saturated carbocycles. The van der Waals surface area contributed by atoms with Gasteiger partial charge in [-0.3, -0.25) is 14.4 Å². The van der Waals surface area contributed by atoms with E-state index in [0.29, 0.717) is 23.5 Å². The Morgan fingerprint density at radius 2 is 1.79 bits per heavy atom. The molecule has 0 spiro atoms. The first-order valence-corrected chi connectivity index (χ1v) is 11.4. The van der Waals surface area contributed by atoms with E-state index in [0.717, 1.165) is 24.0 Å². The van der Waals surface area contributed by atoms with E-state index in [4.69, 9.17) is 9.47 Å². The fourth-order valence-corrected chi connectivity index (χ4v) is 3.61. The number of carbonyl (C=O) groups excluding carboxylic acids is 4. The van der Waals surface area contributed by atoms with E-state index in [1.54, 1.807) is 30.3 Å². The van der Waals surface area contributed by atoms with Crippen LogP contribution in [0.1, 0.15) is 47.7 Å². The molecule has 1 atom stereocenters. The van der Waals surface area contributed by atoms with Crippen molar-refractivity contribution >= 4 is 35.1 Å². The maximum absolute atomic E-state index is 12.5. The van der Waals surface area contributed by atoms with Crippen molar-refractivity contribution < 1.29 is 28.7 Å². The quantitative estimate of drug-likeness (QED) is 0.446. The summed E-state index contributed by atoms with van der Waals surface area (Å²) in [5.74, 6) is -2.33. The Hall–Kier alpha value is -3.68. The van der Waals surface area contributed by atoms with Gasteiger partial charge < -0.3 is 19.7 Å². The number of nitrogens with zero attached hydrogens (tertiary/aromatic N) is 1. The minimum atomic E-state index is -0.667. The van der Waals surface area contributed by atoms with E-state index in [1.807, 2.05) is 32.9 Å². The maximum atomic E-state index is 12.5. The van der Waals surface area contributed by atoms with Crippen molar-refractivity contribution in [3.8, 4) is 0 Å². The molecule has 1 heterocycles. The fourth-order valence-electron chi connectivity index (χ4n) is 3.61. The maximum Gasteiger partial charge on any atom is 0.338 e. The number of amides is 2. The predicted octanol–water partition coefficient (Wildman–Crippen LogP) is 3.80. The topological polar surface area (TPSA) is 102 Å². The van der Waals surface area contributed by atoms with Crippen molar-refractivity contribution in [2.24, 2.45) is 5.92 Å². The highest BCUT2D eigenvalue weighted by molar-refractivity contribution is 6.00. The Morgan fingerprint density at radius 3 is 2.50 bits per heavy atom. The molecule has 34 heavy (non-hydrogen) atoms.